The van der Waals surface area contributed by atoms with E-state index in [2.05, 4.69) is 15.3 Å². The molecule has 0 saturated heterocycles. The van der Waals surface area contributed by atoms with Crippen LogP contribution < -0.4 is 5.32 Å². The molecule has 46 heavy (non-hydrogen) atoms. The number of amides is 2. The van der Waals surface area contributed by atoms with Gasteiger partial charge in [-0.3, -0.25) is 9.59 Å². The third-order valence-electron chi connectivity index (χ3n) is 7.79. The van der Waals surface area contributed by atoms with Crippen LogP contribution in [-0.2, 0) is 17.9 Å². The summed E-state index contributed by atoms with van der Waals surface area (Å²) in [5.41, 5.74) is 4.57. The van der Waals surface area contributed by atoms with Gasteiger partial charge in [-0.2, -0.15) is 22.7 Å². The van der Waals surface area contributed by atoms with Gasteiger partial charge in [-0.15, -0.1) is 0 Å². The number of pyridine rings is 1. The van der Waals surface area contributed by atoms with Gasteiger partial charge in [0, 0.05) is 49.3 Å². The number of halogens is 4. The number of fused-ring (bicyclic) bond motifs is 2. The Hall–Kier alpha value is -5.14. The van der Waals surface area contributed by atoms with Gasteiger partial charge in [-0.1, -0.05) is 36.2 Å². The molecule has 0 saturated carbocycles. The van der Waals surface area contributed by atoms with Crippen molar-refractivity contribution in [3.05, 3.63) is 83.8 Å². The Balaban J connectivity index is 1.25. The highest BCUT2D eigenvalue weighted by Crippen LogP contribution is 2.34. The number of unbranched alkanes of at least 4 members (excludes halogenated alkanes) is 2. The molecule has 0 radical (unpaired) electrons. The number of carbonyl (C=O) groups excluding carboxylic acids is 2. The first-order valence-corrected chi connectivity index (χ1v) is 14.8. The van der Waals surface area contributed by atoms with Crippen molar-refractivity contribution < 1.29 is 27.2 Å². The van der Waals surface area contributed by atoms with Crippen LogP contribution in [0.15, 0.2) is 60.9 Å². The Morgan fingerprint density at radius 1 is 0.978 bits per heavy atom. The van der Waals surface area contributed by atoms with Crippen LogP contribution in [0.4, 0.5) is 23.4 Å². The molecule has 0 fully saturated rings. The molecule has 238 valence electrons. The number of benzene rings is 1. The van der Waals surface area contributed by atoms with E-state index < -0.39 is 24.5 Å². The lowest BCUT2D eigenvalue weighted by atomic mass is 10.1. The van der Waals surface area contributed by atoms with Crippen LogP contribution in [0, 0.1) is 12.9 Å². The molecule has 0 spiro atoms. The minimum absolute atomic E-state index is 0.0112. The maximum atomic E-state index is 13.5. The maximum Gasteiger partial charge on any atom is 0.389 e. The quantitative estimate of drug-likeness (QED) is 0.117. The summed E-state index contributed by atoms with van der Waals surface area (Å²) in [6, 6.07) is 13.9. The SMILES string of the molecule is Cc1ccc(-c2nc3n(c2-c2ccc4nc(NC(=O)c5ccnc(F)c5)cn4n2)CCN(C(=O)CCCCCC(F)(F)F)C3)cc1. The summed E-state index contributed by atoms with van der Waals surface area (Å²) in [6.07, 6.45) is -1.32. The smallest absolute Gasteiger partial charge is 0.333 e. The van der Waals surface area contributed by atoms with Gasteiger partial charge in [0.05, 0.1) is 24.1 Å². The number of anilines is 1. The second kappa shape index (κ2) is 12.7. The average molecular weight is 635 g/mol. The molecule has 0 unspecified atom stereocenters. The van der Waals surface area contributed by atoms with E-state index >= 15 is 0 Å². The first-order valence-electron chi connectivity index (χ1n) is 14.8. The number of hydrogen-bond acceptors (Lipinski definition) is 6. The standard InChI is InChI=1S/C32H30F4N8O2/c1-20-6-8-21(9-7-20)29-30(43-16-15-42(19-27(43)40-29)28(45)5-3-2-4-13-32(34,35)36)23-10-11-26-38-25(18-44(26)41-23)39-31(46)22-12-14-37-24(33)17-22/h6-12,14,17-18H,2-5,13,15-16,19H2,1H3,(H,39,46). The van der Waals surface area contributed by atoms with E-state index in [1.165, 1.54) is 16.8 Å². The number of aromatic nitrogens is 6. The second-order valence-electron chi connectivity index (χ2n) is 11.2. The van der Waals surface area contributed by atoms with Crippen molar-refractivity contribution in [2.24, 2.45) is 0 Å². The third-order valence-corrected chi connectivity index (χ3v) is 7.79. The van der Waals surface area contributed by atoms with E-state index in [1.54, 1.807) is 17.2 Å². The summed E-state index contributed by atoms with van der Waals surface area (Å²) in [4.78, 5) is 40.1. The summed E-state index contributed by atoms with van der Waals surface area (Å²) in [5.74, 6) is -0.519. The third kappa shape index (κ3) is 6.90. The Bertz CT molecular complexity index is 1900. The number of carbonyl (C=O) groups is 2. The molecule has 10 nitrogen and oxygen atoms in total. The number of nitrogens with zero attached hydrogens (tertiary/aromatic N) is 7. The molecule has 1 aromatic carbocycles. The van der Waals surface area contributed by atoms with Crippen molar-refractivity contribution in [1.29, 1.82) is 0 Å². The molecule has 1 aliphatic heterocycles. The molecule has 5 aromatic rings. The zero-order valence-corrected chi connectivity index (χ0v) is 24.9. The number of rotatable bonds is 9. The first kappa shape index (κ1) is 30.9. The van der Waals surface area contributed by atoms with Crippen LogP contribution in [0.25, 0.3) is 28.3 Å². The predicted molar refractivity (Wildman–Crippen MR) is 161 cm³/mol. The van der Waals surface area contributed by atoms with Gasteiger partial charge in [-0.25, -0.2) is 19.5 Å². The van der Waals surface area contributed by atoms with Crippen LogP contribution in [0.2, 0.25) is 0 Å². The number of alkyl halides is 3. The molecule has 2 amide bonds. The van der Waals surface area contributed by atoms with E-state index in [9.17, 15) is 27.2 Å². The molecule has 1 aliphatic rings. The summed E-state index contributed by atoms with van der Waals surface area (Å²) in [6.45, 7) is 3.13. The fourth-order valence-electron chi connectivity index (χ4n) is 5.45. The highest BCUT2D eigenvalue weighted by atomic mass is 19.4. The van der Waals surface area contributed by atoms with Crippen molar-refractivity contribution in [2.45, 2.75) is 58.3 Å². The lowest BCUT2D eigenvalue weighted by molar-refractivity contribution is -0.135. The number of hydrogen-bond donors (Lipinski definition) is 1. The Morgan fingerprint density at radius 3 is 2.54 bits per heavy atom. The van der Waals surface area contributed by atoms with E-state index in [-0.39, 0.29) is 36.7 Å². The fourth-order valence-corrected chi connectivity index (χ4v) is 5.45. The number of imidazole rings is 2. The zero-order chi connectivity index (χ0) is 32.4. The monoisotopic (exact) mass is 634 g/mol. The number of nitrogens with one attached hydrogen (secondary N) is 1. The molecular formula is C32H30F4N8O2. The lowest BCUT2D eigenvalue weighted by Gasteiger charge is -2.28. The molecule has 0 atom stereocenters. The molecular weight excluding hydrogens is 604 g/mol. The van der Waals surface area contributed by atoms with Crippen molar-refractivity contribution in [2.75, 3.05) is 11.9 Å². The van der Waals surface area contributed by atoms with E-state index in [1.807, 2.05) is 41.8 Å². The van der Waals surface area contributed by atoms with Gasteiger partial charge in [0.2, 0.25) is 11.9 Å². The van der Waals surface area contributed by atoms with Crippen LogP contribution in [-0.4, -0.2) is 58.6 Å². The van der Waals surface area contributed by atoms with Gasteiger partial charge in [-0.05, 0) is 38.0 Å². The Morgan fingerprint density at radius 2 is 1.78 bits per heavy atom. The van der Waals surface area contributed by atoms with Gasteiger partial charge in [0.25, 0.3) is 5.91 Å². The molecule has 0 bridgehead atoms. The van der Waals surface area contributed by atoms with Crippen LogP contribution in [0.5, 0.6) is 0 Å². The minimum Gasteiger partial charge on any atom is -0.333 e. The number of aryl methyl sites for hydroxylation is 1. The highest BCUT2D eigenvalue weighted by Gasteiger charge is 2.29. The molecule has 5 heterocycles. The summed E-state index contributed by atoms with van der Waals surface area (Å²) < 4.78 is 54.4. The van der Waals surface area contributed by atoms with Crippen molar-refractivity contribution in [3.8, 4) is 22.6 Å². The molecule has 1 N–H and O–H groups in total. The first-order chi connectivity index (χ1) is 22.0. The van der Waals surface area contributed by atoms with Crippen LogP contribution >= 0.6 is 0 Å². The van der Waals surface area contributed by atoms with Gasteiger partial charge in [0.15, 0.2) is 11.5 Å². The molecule has 14 heteroatoms. The van der Waals surface area contributed by atoms with E-state index in [0.717, 1.165) is 22.9 Å². The average Bonchev–Trinajstić information content (AvgIpc) is 3.60. The van der Waals surface area contributed by atoms with Gasteiger partial charge >= 0.3 is 6.18 Å². The topological polar surface area (TPSA) is 110 Å². The fraction of sp³-hybridized carbons (Fsp3) is 0.312. The van der Waals surface area contributed by atoms with Gasteiger partial charge < -0.3 is 14.8 Å². The predicted octanol–water partition coefficient (Wildman–Crippen LogP) is 6.21. The highest BCUT2D eigenvalue weighted by molar-refractivity contribution is 6.03. The second-order valence-corrected chi connectivity index (χ2v) is 11.2. The lowest BCUT2D eigenvalue weighted by Crippen LogP contribution is -2.38. The van der Waals surface area contributed by atoms with E-state index in [0.29, 0.717) is 48.8 Å². The minimum atomic E-state index is -4.18. The van der Waals surface area contributed by atoms with Crippen molar-refractivity contribution in [1.82, 2.24) is 34.0 Å². The maximum absolute atomic E-state index is 13.5. The largest absolute Gasteiger partial charge is 0.389 e. The van der Waals surface area contributed by atoms with Crippen molar-refractivity contribution in [3.63, 3.8) is 0 Å². The normalized spacial score (nSPS) is 13.2. The van der Waals surface area contributed by atoms with Crippen LogP contribution in [0.3, 0.4) is 0 Å². The summed E-state index contributed by atoms with van der Waals surface area (Å²) in [7, 11) is 0. The molecule has 0 aliphatic carbocycles. The van der Waals surface area contributed by atoms with Gasteiger partial charge in [0.1, 0.15) is 11.5 Å². The van der Waals surface area contributed by atoms with E-state index in [4.69, 9.17) is 10.1 Å². The Labute approximate surface area is 261 Å². The zero-order valence-electron chi connectivity index (χ0n) is 24.9. The molecule has 6 rings (SSSR count). The Kier molecular flexibility index (Phi) is 8.52. The van der Waals surface area contributed by atoms with Crippen LogP contribution in [0.1, 0.15) is 53.8 Å². The summed E-state index contributed by atoms with van der Waals surface area (Å²) in [5, 5.41) is 7.44. The summed E-state index contributed by atoms with van der Waals surface area (Å²) >= 11 is 0. The van der Waals surface area contributed by atoms with Crippen molar-refractivity contribution >= 4 is 23.3 Å². The molecule has 4 aromatic heterocycles.